The fourth-order valence-electron chi connectivity index (χ4n) is 7.93. The van der Waals surface area contributed by atoms with E-state index in [0.717, 1.165) is 12.3 Å². The van der Waals surface area contributed by atoms with Gasteiger partial charge >= 0.3 is 0 Å². The van der Waals surface area contributed by atoms with Gasteiger partial charge in [-0.15, -0.1) is 0 Å². The van der Waals surface area contributed by atoms with E-state index in [-0.39, 0.29) is 10.8 Å². The van der Waals surface area contributed by atoms with Crippen molar-refractivity contribution in [2.75, 3.05) is 0 Å². The van der Waals surface area contributed by atoms with Gasteiger partial charge in [0, 0.05) is 10.8 Å². The van der Waals surface area contributed by atoms with Crippen molar-refractivity contribution < 1.29 is 0 Å². The Balaban J connectivity index is 1.46. The highest BCUT2D eigenvalue weighted by Crippen LogP contribution is 2.60. The minimum Gasteiger partial charge on any atom is -0.0836 e. The largest absolute Gasteiger partial charge is 0.0836 e. The summed E-state index contributed by atoms with van der Waals surface area (Å²) in [5.74, 6) is 0.839. The third-order valence-corrected chi connectivity index (χ3v) is 10.3. The Labute approximate surface area is 217 Å². The third kappa shape index (κ3) is 2.94. The van der Waals surface area contributed by atoms with E-state index in [0.29, 0.717) is 0 Å². The number of fused-ring (bicyclic) bond motifs is 5. The summed E-state index contributed by atoms with van der Waals surface area (Å²) in [6, 6.07) is 12.5. The van der Waals surface area contributed by atoms with Crippen LogP contribution in [0.3, 0.4) is 0 Å². The van der Waals surface area contributed by atoms with Gasteiger partial charge in [0.15, 0.2) is 0 Å². The van der Waals surface area contributed by atoms with E-state index in [1.54, 1.807) is 39.0 Å². The van der Waals surface area contributed by atoms with Gasteiger partial charge in [0.1, 0.15) is 0 Å². The number of rotatable bonds is 3. The van der Waals surface area contributed by atoms with Crippen LogP contribution in [0.2, 0.25) is 0 Å². The predicted molar refractivity (Wildman–Crippen MR) is 153 cm³/mol. The van der Waals surface area contributed by atoms with Crippen molar-refractivity contribution in [1.29, 1.82) is 0 Å². The van der Waals surface area contributed by atoms with Crippen LogP contribution in [0.5, 0.6) is 0 Å². The Morgan fingerprint density at radius 1 is 0.778 bits per heavy atom. The maximum Gasteiger partial charge on any atom is 0.0159 e. The minimum absolute atomic E-state index is 0.0368. The predicted octanol–water partition coefficient (Wildman–Crippen LogP) is 9.77. The first-order chi connectivity index (χ1) is 17.2. The van der Waals surface area contributed by atoms with Crippen LogP contribution in [-0.4, -0.2) is 0 Å². The van der Waals surface area contributed by atoms with E-state index in [2.05, 4.69) is 84.0 Å². The monoisotopic (exact) mass is 472 g/mol. The molecule has 0 heterocycles. The molecule has 36 heavy (non-hydrogen) atoms. The molecule has 0 N–H and O–H groups in total. The van der Waals surface area contributed by atoms with Crippen LogP contribution >= 0.6 is 0 Å². The van der Waals surface area contributed by atoms with E-state index in [4.69, 9.17) is 0 Å². The van der Waals surface area contributed by atoms with Crippen LogP contribution in [0, 0.1) is 5.92 Å². The molecule has 0 spiro atoms. The maximum absolute atomic E-state index is 2.63. The molecule has 2 aromatic carbocycles. The van der Waals surface area contributed by atoms with Crippen LogP contribution in [0.15, 0.2) is 70.3 Å². The van der Waals surface area contributed by atoms with Gasteiger partial charge < -0.3 is 0 Å². The lowest BCUT2D eigenvalue weighted by atomic mass is 9.74. The van der Waals surface area contributed by atoms with Crippen LogP contribution in [0.25, 0.3) is 16.7 Å². The number of benzene rings is 2. The Morgan fingerprint density at radius 3 is 2.25 bits per heavy atom. The van der Waals surface area contributed by atoms with Crippen LogP contribution in [0.4, 0.5) is 0 Å². The summed E-state index contributed by atoms with van der Waals surface area (Å²) in [4.78, 5) is 0. The normalized spacial score (nSPS) is 23.2. The lowest BCUT2D eigenvalue weighted by molar-refractivity contribution is 0.602. The molecule has 1 fully saturated rings. The van der Waals surface area contributed by atoms with Gasteiger partial charge in [-0.3, -0.25) is 0 Å². The first-order valence-electron chi connectivity index (χ1n) is 14.4. The zero-order valence-electron chi connectivity index (χ0n) is 23.1. The van der Waals surface area contributed by atoms with E-state index >= 15 is 0 Å². The van der Waals surface area contributed by atoms with Crippen LogP contribution in [-0.2, 0) is 17.3 Å². The quantitative estimate of drug-likeness (QED) is 0.417. The molecule has 0 bridgehead atoms. The zero-order valence-corrected chi connectivity index (χ0v) is 23.1. The Hall–Kier alpha value is -2.60. The molecule has 2 aromatic rings. The van der Waals surface area contributed by atoms with Gasteiger partial charge in [-0.25, -0.2) is 0 Å². The summed E-state index contributed by atoms with van der Waals surface area (Å²) in [6.45, 7) is 14.6. The highest BCUT2D eigenvalue weighted by atomic mass is 14.5. The Bertz CT molecular complexity index is 1460. The summed E-state index contributed by atoms with van der Waals surface area (Å²) >= 11 is 0. The Morgan fingerprint density at radius 2 is 1.50 bits per heavy atom. The van der Waals surface area contributed by atoms with Crippen molar-refractivity contribution in [1.82, 2.24) is 0 Å². The number of hydrogen-bond acceptors (Lipinski definition) is 0. The van der Waals surface area contributed by atoms with Gasteiger partial charge in [0.05, 0.1) is 0 Å². The van der Waals surface area contributed by atoms with Gasteiger partial charge in [-0.2, -0.15) is 0 Å². The van der Waals surface area contributed by atoms with Gasteiger partial charge in [0.2, 0.25) is 0 Å². The van der Waals surface area contributed by atoms with E-state index in [1.807, 2.05) is 0 Å². The molecule has 0 nitrogen and oxygen atoms in total. The molecule has 7 rings (SSSR count). The Kier molecular flexibility index (Phi) is 4.69. The first kappa shape index (κ1) is 22.6. The molecule has 0 unspecified atom stereocenters. The molecule has 0 heteroatoms. The SMILES string of the molecule is CCc1ccc2c(c1)C(C)(C)c1cc3c(cc1-2)C(C)(C)C1=C3C(C2=C(C3CC3)CCC=C2)=C(C)CC1. The molecule has 0 aliphatic heterocycles. The smallest absolute Gasteiger partial charge is 0.0159 e. The maximum atomic E-state index is 2.63. The molecule has 5 aliphatic rings. The van der Waals surface area contributed by atoms with Crippen LogP contribution < -0.4 is 0 Å². The highest BCUT2D eigenvalue weighted by Gasteiger charge is 2.45. The number of hydrogen-bond donors (Lipinski definition) is 0. The molecule has 0 aromatic heterocycles. The van der Waals surface area contributed by atoms with E-state index in [9.17, 15) is 0 Å². The molecule has 184 valence electrons. The molecular weight excluding hydrogens is 432 g/mol. The van der Waals surface area contributed by atoms with Crippen molar-refractivity contribution in [2.24, 2.45) is 5.92 Å². The average molecular weight is 473 g/mol. The lowest BCUT2D eigenvalue weighted by Gasteiger charge is -2.30. The van der Waals surface area contributed by atoms with Gasteiger partial charge in [-0.05, 0) is 126 Å². The standard InChI is InChI=1S/C36H40/c1-7-22-13-16-25-27-19-32-28(20-31(27)36(5,6)30(25)18-22)34-29(35(32,3)4)17-12-21(2)33(34)26-11-9-8-10-24(26)23-14-15-23/h9,11,13,16,18-20,23H,7-8,10,12,14-15,17H2,1-6H3. The van der Waals surface area contributed by atoms with Gasteiger partial charge in [-0.1, -0.05) is 81.7 Å². The topological polar surface area (TPSA) is 0 Å². The second kappa shape index (κ2) is 7.47. The lowest BCUT2D eigenvalue weighted by Crippen LogP contribution is -2.19. The summed E-state index contributed by atoms with van der Waals surface area (Å²) in [7, 11) is 0. The second-order valence-electron chi connectivity index (χ2n) is 13.1. The van der Waals surface area contributed by atoms with Crippen molar-refractivity contribution in [3.63, 3.8) is 0 Å². The fourth-order valence-corrected chi connectivity index (χ4v) is 7.93. The van der Waals surface area contributed by atoms with Crippen molar-refractivity contribution in [3.05, 3.63) is 98.2 Å². The molecule has 0 radical (unpaired) electrons. The average Bonchev–Trinajstić information content (AvgIpc) is 3.66. The zero-order chi connectivity index (χ0) is 25.0. The molecule has 0 atom stereocenters. The van der Waals surface area contributed by atoms with E-state index in [1.165, 1.54) is 71.9 Å². The number of aryl methyl sites for hydroxylation is 1. The van der Waals surface area contributed by atoms with Crippen molar-refractivity contribution in [2.45, 2.75) is 97.3 Å². The summed E-state index contributed by atoms with van der Waals surface area (Å²) in [6.07, 6.45) is 13.7. The molecule has 0 amide bonds. The molecule has 5 aliphatic carbocycles. The molecular formula is C36H40. The summed E-state index contributed by atoms with van der Waals surface area (Å²) in [5, 5.41) is 0. The highest BCUT2D eigenvalue weighted by molar-refractivity contribution is 5.97. The van der Waals surface area contributed by atoms with E-state index < -0.39 is 0 Å². The minimum atomic E-state index is 0.0368. The first-order valence-corrected chi connectivity index (χ1v) is 14.4. The fraction of sp³-hybridized carbons (Fsp3) is 0.444. The molecule has 0 saturated heterocycles. The molecule has 1 saturated carbocycles. The van der Waals surface area contributed by atoms with Gasteiger partial charge in [0.25, 0.3) is 0 Å². The third-order valence-electron chi connectivity index (χ3n) is 10.3. The number of allylic oxidation sites excluding steroid dienone is 8. The van der Waals surface area contributed by atoms with Crippen molar-refractivity contribution in [3.8, 4) is 11.1 Å². The second-order valence-corrected chi connectivity index (χ2v) is 13.1. The summed E-state index contributed by atoms with van der Waals surface area (Å²) < 4.78 is 0. The summed E-state index contributed by atoms with van der Waals surface area (Å²) in [5.41, 5.74) is 20.4. The van der Waals surface area contributed by atoms with Crippen LogP contribution in [0.1, 0.15) is 108 Å². The van der Waals surface area contributed by atoms with Crippen molar-refractivity contribution >= 4 is 5.57 Å².